The van der Waals surface area contributed by atoms with E-state index in [-0.39, 0.29) is 44.0 Å². The van der Waals surface area contributed by atoms with Crippen LogP contribution in [0.4, 0.5) is 0 Å². The van der Waals surface area contributed by atoms with Gasteiger partial charge in [-0.1, -0.05) is 0 Å². The van der Waals surface area contributed by atoms with Gasteiger partial charge in [-0.25, -0.2) is 0 Å². The predicted octanol–water partition coefficient (Wildman–Crippen LogP) is 1.26. The summed E-state index contributed by atoms with van der Waals surface area (Å²) in [6.45, 7) is 2.25. The summed E-state index contributed by atoms with van der Waals surface area (Å²) in [5.41, 5.74) is 10.4. The van der Waals surface area contributed by atoms with Crippen molar-refractivity contribution in [2.75, 3.05) is 0 Å². The first-order chi connectivity index (χ1) is 15.3. The Morgan fingerprint density at radius 2 is 1.15 bits per heavy atom. The molecule has 33 heavy (non-hydrogen) atoms. The van der Waals surface area contributed by atoms with Crippen LogP contribution in [0.3, 0.4) is 0 Å². The molecule has 0 fully saturated rings. The van der Waals surface area contributed by atoms with Crippen molar-refractivity contribution >= 4 is 20.0 Å². The second kappa shape index (κ2) is 10.3. The molecule has 0 bridgehead atoms. The predicted molar refractivity (Wildman–Crippen MR) is 130 cm³/mol. The zero-order chi connectivity index (χ0) is 20.8. The van der Waals surface area contributed by atoms with Crippen LogP contribution in [-0.4, -0.2) is 0 Å². The molecule has 0 amide bonds. The Bertz CT molecular complexity index is 1290. The van der Waals surface area contributed by atoms with E-state index in [1.165, 1.54) is 27.6 Å². The average molecular weight is 521 g/mol. The third kappa shape index (κ3) is 4.41. The summed E-state index contributed by atoms with van der Waals surface area (Å²) in [6.07, 6.45) is 2.50. The summed E-state index contributed by atoms with van der Waals surface area (Å²) < 4.78 is 1.17. The quantitative estimate of drug-likeness (QED) is 0.281. The summed E-state index contributed by atoms with van der Waals surface area (Å²) in [7, 11) is 0.754. The van der Waals surface area contributed by atoms with Gasteiger partial charge in [-0.3, -0.25) is 0 Å². The Labute approximate surface area is 219 Å². The SMILES string of the molecule is Cc1ccccc1PC1=Cc2ccccc2[CH]1[Ti+2][CH]1c2ccccc2-c2ccccc21.[Cl-].[Cl-]. The minimum atomic E-state index is -0.335. The van der Waals surface area contributed by atoms with Gasteiger partial charge in [0.1, 0.15) is 0 Å². The first kappa shape index (κ1) is 24.5. The van der Waals surface area contributed by atoms with Crippen molar-refractivity contribution in [2.24, 2.45) is 0 Å². The molecule has 2 aliphatic carbocycles. The molecular weight excluding hydrogens is 498 g/mol. The summed E-state index contributed by atoms with van der Waals surface area (Å²) in [5.74, 6) is 0. The normalized spacial score (nSPS) is 15.7. The van der Waals surface area contributed by atoms with Crippen molar-refractivity contribution in [2.45, 2.75) is 15.4 Å². The van der Waals surface area contributed by atoms with Crippen molar-refractivity contribution in [3.8, 4) is 11.1 Å². The maximum atomic E-state index is 2.50. The molecule has 0 spiro atoms. The smallest absolute Gasteiger partial charge is 1.00 e. The molecule has 0 heterocycles. The van der Waals surface area contributed by atoms with Crippen LogP contribution in [-0.2, 0) is 19.2 Å². The third-order valence-electron chi connectivity index (χ3n) is 6.52. The van der Waals surface area contributed by atoms with E-state index in [0.29, 0.717) is 8.45 Å². The van der Waals surface area contributed by atoms with E-state index >= 15 is 0 Å². The zero-order valence-electron chi connectivity index (χ0n) is 18.2. The minimum Gasteiger partial charge on any atom is -1.00 e. The molecule has 0 N–H and O–H groups in total. The number of halogens is 2. The van der Waals surface area contributed by atoms with Gasteiger partial charge in [0.15, 0.2) is 0 Å². The Morgan fingerprint density at radius 3 is 1.82 bits per heavy atom. The van der Waals surface area contributed by atoms with Crippen molar-refractivity contribution in [1.29, 1.82) is 0 Å². The molecular formula is C29H23Cl2PTi. The number of rotatable bonds is 4. The second-order valence-electron chi connectivity index (χ2n) is 8.38. The van der Waals surface area contributed by atoms with E-state index < -0.39 is 0 Å². The van der Waals surface area contributed by atoms with Crippen LogP contribution in [0.5, 0.6) is 0 Å². The summed E-state index contributed by atoms with van der Waals surface area (Å²) in [6, 6.07) is 36.2. The molecule has 4 heteroatoms. The van der Waals surface area contributed by atoms with E-state index in [1.54, 1.807) is 22.0 Å². The van der Waals surface area contributed by atoms with E-state index in [1.807, 2.05) is 0 Å². The maximum Gasteiger partial charge on any atom is -1.00 e. The fraction of sp³-hybridized carbons (Fsp3) is 0.103. The first-order valence-corrected chi connectivity index (χ1v) is 13.7. The molecule has 2 atom stereocenters. The third-order valence-corrected chi connectivity index (χ3v) is 11.5. The van der Waals surface area contributed by atoms with E-state index in [4.69, 9.17) is 0 Å². The molecule has 2 aliphatic rings. The van der Waals surface area contributed by atoms with Crippen LogP contribution in [0.2, 0.25) is 0 Å². The van der Waals surface area contributed by atoms with Gasteiger partial charge in [0.05, 0.1) is 0 Å². The van der Waals surface area contributed by atoms with Gasteiger partial charge in [0, 0.05) is 0 Å². The van der Waals surface area contributed by atoms with Crippen molar-refractivity contribution in [1.82, 2.24) is 0 Å². The molecule has 162 valence electrons. The molecule has 0 saturated carbocycles. The monoisotopic (exact) mass is 520 g/mol. The molecule has 0 nitrogen and oxygen atoms in total. The van der Waals surface area contributed by atoms with Crippen LogP contribution in [0.1, 0.15) is 36.3 Å². The van der Waals surface area contributed by atoms with Crippen LogP contribution in [0.15, 0.2) is 102 Å². The van der Waals surface area contributed by atoms with Crippen LogP contribution in [0.25, 0.3) is 17.2 Å². The number of fused-ring (bicyclic) bond motifs is 4. The van der Waals surface area contributed by atoms with Crippen molar-refractivity contribution in [3.05, 3.63) is 130 Å². The van der Waals surface area contributed by atoms with Crippen molar-refractivity contribution < 1.29 is 44.0 Å². The van der Waals surface area contributed by atoms with Gasteiger partial charge < -0.3 is 24.8 Å². The van der Waals surface area contributed by atoms with Gasteiger partial charge in [-0.05, 0) is 0 Å². The number of hydrogen-bond donors (Lipinski definition) is 0. The van der Waals surface area contributed by atoms with E-state index in [9.17, 15) is 0 Å². The number of aryl methyl sites for hydroxylation is 1. The van der Waals surface area contributed by atoms with E-state index in [2.05, 4.69) is 110 Å². The Morgan fingerprint density at radius 1 is 0.606 bits per heavy atom. The molecule has 0 aromatic heterocycles. The Kier molecular flexibility index (Phi) is 7.64. The van der Waals surface area contributed by atoms with Gasteiger partial charge in [-0.2, -0.15) is 0 Å². The summed E-state index contributed by atoms with van der Waals surface area (Å²) >= 11 is -0.335. The van der Waals surface area contributed by atoms with Gasteiger partial charge >= 0.3 is 196 Å². The Balaban J connectivity index is 0.00000130. The maximum absolute atomic E-state index is 2.50. The molecule has 0 radical (unpaired) electrons. The molecule has 2 unspecified atom stereocenters. The number of benzene rings is 4. The largest absolute Gasteiger partial charge is 1.00 e. The second-order valence-corrected chi connectivity index (χ2v) is 12.1. The molecule has 4 aromatic carbocycles. The molecule has 6 rings (SSSR count). The average Bonchev–Trinajstić information content (AvgIpc) is 3.32. The minimum absolute atomic E-state index is 0. The summed E-state index contributed by atoms with van der Waals surface area (Å²) in [4.78, 5) is 0. The number of hydrogen-bond acceptors (Lipinski definition) is 0. The molecule has 4 aromatic rings. The van der Waals surface area contributed by atoms with Crippen LogP contribution < -0.4 is 30.1 Å². The fourth-order valence-electron chi connectivity index (χ4n) is 4.98. The number of allylic oxidation sites excluding steroid dienone is 1. The van der Waals surface area contributed by atoms with Crippen LogP contribution in [0, 0.1) is 6.92 Å². The van der Waals surface area contributed by atoms with Gasteiger partial charge in [-0.15, -0.1) is 0 Å². The topological polar surface area (TPSA) is 0 Å². The van der Waals surface area contributed by atoms with Crippen molar-refractivity contribution in [3.63, 3.8) is 0 Å². The zero-order valence-corrected chi connectivity index (χ0v) is 22.3. The summed E-state index contributed by atoms with van der Waals surface area (Å²) in [5, 5.41) is 3.13. The van der Waals surface area contributed by atoms with Gasteiger partial charge in [0.25, 0.3) is 0 Å². The standard InChI is InChI=1S/C16H14P.C13H9.2ClH.Ti/c1-12-6-2-5-9-16(12)17-15-10-13-7-3-4-8-14(13)11-15;1-3-7-12-10(5-1)9-11-6-2-4-8-13(11)12;;;/h2-11,17H,1H3;1-9H;2*1H;/q;;;;+2/p-2. The molecule has 0 aliphatic heterocycles. The molecule has 0 saturated heterocycles. The van der Waals surface area contributed by atoms with Gasteiger partial charge in [0.2, 0.25) is 0 Å². The fourth-order valence-corrected chi connectivity index (χ4v) is 9.93. The van der Waals surface area contributed by atoms with Crippen LogP contribution >= 0.6 is 8.58 Å². The van der Waals surface area contributed by atoms with E-state index in [0.717, 1.165) is 8.58 Å². The first-order valence-electron chi connectivity index (χ1n) is 10.9. The Hall–Kier alpha value is -1.66.